The molecule has 0 bridgehead atoms. The predicted octanol–water partition coefficient (Wildman–Crippen LogP) is 5.46. The summed E-state index contributed by atoms with van der Waals surface area (Å²) in [5, 5.41) is 7.74. The number of piperazine rings is 1. The SMILES string of the molecule is Cc1cc(N2CCN3CCCC3C2)ccc1Nc1ncc(Cl)c(Nc2ccccc2P(C)(C)=O)n1. The first-order valence-electron chi connectivity index (χ1n) is 12.1. The fraction of sp³-hybridized carbons (Fsp3) is 0.385. The van der Waals surface area contributed by atoms with Crippen molar-refractivity contribution in [1.29, 1.82) is 0 Å². The molecular weight excluding hydrogens is 479 g/mol. The summed E-state index contributed by atoms with van der Waals surface area (Å²) in [6.45, 7) is 10.2. The maximum atomic E-state index is 12.7. The minimum absolute atomic E-state index is 0.394. The van der Waals surface area contributed by atoms with Gasteiger partial charge in [0.05, 0.1) is 11.9 Å². The number of benzene rings is 2. The van der Waals surface area contributed by atoms with Crippen LogP contribution >= 0.6 is 18.7 Å². The molecule has 0 amide bonds. The Kier molecular flexibility index (Phi) is 6.75. The number of anilines is 5. The van der Waals surface area contributed by atoms with Crippen LogP contribution in [0.4, 0.5) is 28.8 Å². The van der Waals surface area contributed by atoms with Crippen LogP contribution in [0, 0.1) is 6.92 Å². The normalized spacial score (nSPS) is 18.4. The minimum Gasteiger partial charge on any atom is -0.369 e. The van der Waals surface area contributed by atoms with Crippen molar-refractivity contribution in [3.05, 3.63) is 59.2 Å². The fourth-order valence-electron chi connectivity index (χ4n) is 5.02. The molecule has 1 aromatic heterocycles. The summed E-state index contributed by atoms with van der Waals surface area (Å²) < 4.78 is 12.7. The zero-order valence-corrected chi connectivity index (χ0v) is 22.1. The van der Waals surface area contributed by atoms with Crippen molar-refractivity contribution in [2.75, 3.05) is 55.0 Å². The average Bonchev–Trinajstić information content (AvgIpc) is 3.30. The molecule has 2 aliphatic heterocycles. The third-order valence-electron chi connectivity index (χ3n) is 6.89. The van der Waals surface area contributed by atoms with Gasteiger partial charge in [-0.05, 0) is 75.5 Å². The van der Waals surface area contributed by atoms with E-state index in [-0.39, 0.29) is 0 Å². The van der Waals surface area contributed by atoms with Crippen LogP contribution in [0.1, 0.15) is 18.4 Å². The second kappa shape index (κ2) is 9.81. The average molecular weight is 511 g/mol. The lowest BCUT2D eigenvalue weighted by molar-refractivity contribution is 0.231. The van der Waals surface area contributed by atoms with Crippen LogP contribution in [0.25, 0.3) is 0 Å². The lowest BCUT2D eigenvalue weighted by Gasteiger charge is -2.39. The Hall–Kier alpha value is -2.60. The van der Waals surface area contributed by atoms with Gasteiger partial charge in [0.25, 0.3) is 0 Å². The Balaban J connectivity index is 1.33. The largest absolute Gasteiger partial charge is 0.369 e. The molecular formula is C26H32ClN6OP. The van der Waals surface area contributed by atoms with Crippen LogP contribution in [-0.2, 0) is 4.57 Å². The third kappa shape index (κ3) is 5.32. The highest BCUT2D eigenvalue weighted by molar-refractivity contribution is 7.70. The number of fused-ring (bicyclic) bond motifs is 1. The van der Waals surface area contributed by atoms with Crippen LogP contribution in [0.2, 0.25) is 5.02 Å². The first-order valence-corrected chi connectivity index (χ1v) is 15.1. The fourth-order valence-corrected chi connectivity index (χ4v) is 6.32. The van der Waals surface area contributed by atoms with Gasteiger partial charge in [-0.3, -0.25) is 4.90 Å². The second-order valence-electron chi connectivity index (χ2n) is 9.79. The zero-order chi connectivity index (χ0) is 24.6. The molecule has 0 aliphatic carbocycles. The highest BCUT2D eigenvalue weighted by Gasteiger charge is 2.30. The highest BCUT2D eigenvalue weighted by atomic mass is 35.5. The van der Waals surface area contributed by atoms with E-state index in [0.29, 0.717) is 22.8 Å². The predicted molar refractivity (Wildman–Crippen MR) is 147 cm³/mol. The Morgan fingerprint density at radius 2 is 1.89 bits per heavy atom. The molecule has 2 fully saturated rings. The molecule has 2 saturated heterocycles. The molecule has 1 unspecified atom stereocenters. The van der Waals surface area contributed by atoms with Gasteiger partial charge in [0.2, 0.25) is 5.95 Å². The molecule has 7 nitrogen and oxygen atoms in total. The number of nitrogens with one attached hydrogen (secondary N) is 2. The monoisotopic (exact) mass is 510 g/mol. The van der Waals surface area contributed by atoms with Gasteiger partial charge in [0.1, 0.15) is 12.2 Å². The maximum absolute atomic E-state index is 12.7. The Morgan fingerprint density at radius 3 is 2.69 bits per heavy atom. The van der Waals surface area contributed by atoms with E-state index in [1.807, 2.05) is 24.3 Å². The van der Waals surface area contributed by atoms with E-state index in [9.17, 15) is 4.57 Å². The van der Waals surface area contributed by atoms with Crippen molar-refractivity contribution >= 4 is 52.9 Å². The van der Waals surface area contributed by atoms with E-state index >= 15 is 0 Å². The van der Waals surface area contributed by atoms with Crippen molar-refractivity contribution < 1.29 is 4.57 Å². The molecule has 0 saturated carbocycles. The van der Waals surface area contributed by atoms with E-state index in [1.54, 1.807) is 19.5 Å². The van der Waals surface area contributed by atoms with Crippen LogP contribution in [-0.4, -0.2) is 60.4 Å². The summed E-state index contributed by atoms with van der Waals surface area (Å²) in [5.41, 5.74) is 4.08. The van der Waals surface area contributed by atoms with Crippen molar-refractivity contribution in [2.24, 2.45) is 0 Å². The van der Waals surface area contributed by atoms with Gasteiger partial charge in [-0.25, -0.2) is 4.98 Å². The lowest BCUT2D eigenvalue weighted by atomic mass is 10.1. The smallest absolute Gasteiger partial charge is 0.229 e. The van der Waals surface area contributed by atoms with Gasteiger partial charge in [-0.2, -0.15) is 4.98 Å². The molecule has 2 aliphatic rings. The quantitative estimate of drug-likeness (QED) is 0.427. The van der Waals surface area contributed by atoms with Gasteiger partial charge < -0.3 is 20.1 Å². The summed E-state index contributed by atoms with van der Waals surface area (Å²) >= 11 is 6.40. The second-order valence-corrected chi connectivity index (χ2v) is 13.4. The van der Waals surface area contributed by atoms with Crippen molar-refractivity contribution in [3.8, 4) is 0 Å². The van der Waals surface area contributed by atoms with Crippen LogP contribution in [0.3, 0.4) is 0 Å². The van der Waals surface area contributed by atoms with E-state index in [1.165, 1.54) is 25.1 Å². The van der Waals surface area contributed by atoms with Crippen molar-refractivity contribution in [2.45, 2.75) is 25.8 Å². The van der Waals surface area contributed by atoms with E-state index in [4.69, 9.17) is 11.6 Å². The molecule has 184 valence electrons. The highest BCUT2D eigenvalue weighted by Crippen LogP contribution is 2.38. The lowest BCUT2D eigenvalue weighted by Crippen LogP contribution is -2.50. The van der Waals surface area contributed by atoms with Gasteiger partial charge in [-0.1, -0.05) is 23.7 Å². The molecule has 35 heavy (non-hydrogen) atoms. The summed E-state index contributed by atoms with van der Waals surface area (Å²) in [6, 6.07) is 14.7. The first kappa shape index (κ1) is 24.1. The number of aryl methyl sites for hydroxylation is 1. The molecule has 2 N–H and O–H groups in total. The van der Waals surface area contributed by atoms with Crippen molar-refractivity contribution in [3.63, 3.8) is 0 Å². The molecule has 0 spiro atoms. The summed E-state index contributed by atoms with van der Waals surface area (Å²) in [4.78, 5) is 14.1. The number of nitrogens with zero attached hydrogens (tertiary/aromatic N) is 4. The van der Waals surface area contributed by atoms with Gasteiger partial charge in [0, 0.05) is 42.4 Å². The summed E-state index contributed by atoms with van der Waals surface area (Å²) in [5.74, 6) is 0.912. The maximum Gasteiger partial charge on any atom is 0.229 e. The van der Waals surface area contributed by atoms with Crippen molar-refractivity contribution in [1.82, 2.24) is 14.9 Å². The van der Waals surface area contributed by atoms with Gasteiger partial charge in [0.15, 0.2) is 5.82 Å². The van der Waals surface area contributed by atoms with E-state index in [0.717, 1.165) is 41.9 Å². The molecule has 9 heteroatoms. The third-order valence-corrected chi connectivity index (χ3v) is 8.72. The molecule has 1 atom stereocenters. The zero-order valence-electron chi connectivity index (χ0n) is 20.5. The number of hydrogen-bond donors (Lipinski definition) is 2. The molecule has 2 aromatic carbocycles. The number of hydrogen-bond acceptors (Lipinski definition) is 7. The number of rotatable bonds is 6. The minimum atomic E-state index is -2.47. The van der Waals surface area contributed by atoms with Crippen LogP contribution < -0.4 is 20.8 Å². The molecule has 0 radical (unpaired) electrons. The molecule has 3 aromatic rings. The summed E-state index contributed by atoms with van der Waals surface area (Å²) in [7, 11) is -2.47. The molecule has 3 heterocycles. The first-order chi connectivity index (χ1) is 16.8. The number of para-hydroxylation sites is 1. The van der Waals surface area contributed by atoms with E-state index < -0.39 is 7.14 Å². The molecule has 5 rings (SSSR count). The standard InChI is InChI=1S/C26H32ClN6OP/c1-18-15-19(33-14-13-32-12-6-7-20(32)17-33)10-11-22(18)30-26-28-16-21(27)25(31-26)29-23-8-4-5-9-24(23)35(2,3)34/h4-5,8-11,15-16,20H,6-7,12-14,17H2,1-3H3,(H2,28,29,30,31). The summed E-state index contributed by atoms with van der Waals surface area (Å²) in [6.07, 6.45) is 4.20. The number of aromatic nitrogens is 2. The van der Waals surface area contributed by atoms with Gasteiger partial charge in [-0.15, -0.1) is 0 Å². The van der Waals surface area contributed by atoms with Crippen LogP contribution in [0.5, 0.6) is 0 Å². The topological polar surface area (TPSA) is 73.4 Å². The van der Waals surface area contributed by atoms with Gasteiger partial charge >= 0.3 is 0 Å². The van der Waals surface area contributed by atoms with Crippen LogP contribution in [0.15, 0.2) is 48.7 Å². The Morgan fingerprint density at radius 1 is 1.06 bits per heavy atom. The Labute approximate surface area is 212 Å². The Bertz CT molecular complexity index is 1280. The number of halogens is 1. The van der Waals surface area contributed by atoms with E-state index in [2.05, 4.69) is 55.5 Å².